The molecule has 12 saturated carbocycles. The summed E-state index contributed by atoms with van der Waals surface area (Å²) in [5.41, 5.74) is 14.2. The number of aliphatic carboxylic acids is 1. The fraction of sp³-hybridized carbons (Fsp3) is 0.629. The van der Waals surface area contributed by atoms with Gasteiger partial charge in [-0.1, -0.05) is 88.5 Å². The van der Waals surface area contributed by atoms with Crippen LogP contribution < -0.4 is 21.7 Å². The van der Waals surface area contributed by atoms with Crippen LogP contribution >= 0.6 is 11.6 Å². The molecule has 21 heteroatoms. The van der Waals surface area contributed by atoms with Gasteiger partial charge in [-0.05, 0) is 250 Å². The summed E-state index contributed by atoms with van der Waals surface area (Å²) < 4.78 is 11.9. The Morgan fingerprint density at radius 3 is 1.47 bits per heavy atom. The third-order valence-electron chi connectivity index (χ3n) is 21.2. The molecule has 2 atom stereocenters. The molecule has 12 fully saturated rings. The third-order valence-corrected chi connectivity index (χ3v) is 21.3. The lowest BCUT2D eigenvalue weighted by atomic mass is 9.49. The quantitative estimate of drug-likeness (QED) is 0.0503. The van der Waals surface area contributed by atoms with Crippen molar-refractivity contribution in [1.82, 2.24) is 61.6 Å². The molecule has 6 aromatic rings. The van der Waals surface area contributed by atoms with Gasteiger partial charge in [0.05, 0.1) is 11.5 Å². The molecule has 0 radical (unpaired) electrons. The van der Waals surface area contributed by atoms with Crippen LogP contribution in [-0.2, 0) is 28.5 Å². The number of hydrogen-bond acceptors (Lipinski definition) is 17. The Morgan fingerprint density at radius 1 is 0.590 bits per heavy atom. The minimum atomic E-state index is -0.508. The van der Waals surface area contributed by atoms with E-state index < -0.39 is 5.97 Å². The molecule has 83 heavy (non-hydrogen) atoms. The molecule has 2 aromatic carbocycles. The van der Waals surface area contributed by atoms with Crippen LogP contribution in [0, 0.1) is 58.7 Å². The van der Waals surface area contributed by atoms with Crippen molar-refractivity contribution < 1.29 is 18.7 Å². The number of nitrogens with one attached hydrogen (secondary N) is 5. The molecular weight excluding hydrogens is 1070 g/mol. The van der Waals surface area contributed by atoms with Crippen molar-refractivity contribution in [3.8, 4) is 0 Å². The predicted octanol–water partition coefficient (Wildman–Crippen LogP) is 11.1. The van der Waals surface area contributed by atoms with Gasteiger partial charge in [-0.2, -0.15) is 10.4 Å². The van der Waals surface area contributed by atoms with E-state index in [2.05, 4.69) is 138 Å². The zero-order chi connectivity index (χ0) is 55.4. The second kappa shape index (κ2) is 23.1. The smallest absolute Gasteiger partial charge is 0.315 e. The lowest BCUT2D eigenvalue weighted by Gasteiger charge is -2.55. The van der Waals surface area contributed by atoms with Crippen molar-refractivity contribution >= 4 is 46.6 Å². The van der Waals surface area contributed by atoms with E-state index in [0.29, 0.717) is 31.0 Å². The van der Waals surface area contributed by atoms with Gasteiger partial charge >= 0.3 is 17.3 Å². The molecule has 20 nitrogen and oxygen atoms in total. The fourth-order valence-corrected chi connectivity index (χ4v) is 19.1. The van der Waals surface area contributed by atoms with Gasteiger partial charge in [0.2, 0.25) is 11.8 Å². The third kappa shape index (κ3) is 11.7. The Balaban J connectivity index is 0.000000111. The molecule has 4 heterocycles. The summed E-state index contributed by atoms with van der Waals surface area (Å²) in [6.07, 6.45) is 31.1. The van der Waals surface area contributed by atoms with E-state index in [1.807, 2.05) is 0 Å². The molecule has 440 valence electrons. The van der Waals surface area contributed by atoms with Crippen molar-refractivity contribution in [3.05, 3.63) is 100 Å². The highest BCUT2D eigenvalue weighted by atomic mass is 35.5. The minimum absolute atomic E-state index is 0. The summed E-state index contributed by atoms with van der Waals surface area (Å²) in [5.74, 6) is 9.61. The Morgan fingerprint density at radius 2 is 1.02 bits per heavy atom. The maximum absolute atomic E-state index is 11.3. The summed E-state index contributed by atoms with van der Waals surface area (Å²) in [5, 5.41) is 64.0. The van der Waals surface area contributed by atoms with Crippen LogP contribution in [0.2, 0.25) is 5.35 Å². The van der Waals surface area contributed by atoms with Crippen molar-refractivity contribution in [3.63, 3.8) is 0 Å². The minimum Gasteiger partial charge on any atom is -0.481 e. The van der Waals surface area contributed by atoms with Crippen LogP contribution in [-0.4, -0.2) is 97.9 Å². The first-order valence-corrected chi connectivity index (χ1v) is 30.9. The number of nitrogens with zero attached hydrogens (tertiary/aromatic N) is 10. The number of halogens is 1. The van der Waals surface area contributed by atoms with Gasteiger partial charge in [-0.3, -0.25) is 4.79 Å². The molecule has 14 aliphatic carbocycles. The number of aromatic amines is 2. The molecule has 14 aliphatic rings. The lowest BCUT2D eigenvalue weighted by molar-refractivity contribution is -0.164. The summed E-state index contributed by atoms with van der Waals surface area (Å²) >= 11 is 5.76. The van der Waals surface area contributed by atoms with E-state index in [9.17, 15) is 9.90 Å². The van der Waals surface area contributed by atoms with Crippen LogP contribution in [0.5, 0.6) is 0 Å². The average Bonchev–Trinajstić information content (AvgIpc) is 2.61. The normalized spacial score (nSPS) is 32.5. The number of benzene rings is 2. The van der Waals surface area contributed by atoms with E-state index >= 15 is 0 Å². The monoisotopic (exact) mass is 1150 g/mol. The van der Waals surface area contributed by atoms with Gasteiger partial charge < -0.3 is 35.6 Å². The molecule has 8 N–H and O–H groups in total. The number of tetrazole rings is 2. The van der Waals surface area contributed by atoms with Crippen molar-refractivity contribution in [2.24, 2.45) is 64.4 Å². The number of rotatable bonds is 15. The largest absolute Gasteiger partial charge is 0.481 e. The molecule has 0 unspecified atom stereocenters. The molecule has 0 saturated heterocycles. The molecule has 20 rings (SSSR count). The van der Waals surface area contributed by atoms with Crippen molar-refractivity contribution in [2.75, 3.05) is 29.0 Å². The van der Waals surface area contributed by atoms with Crippen LogP contribution in [0.1, 0.15) is 170 Å². The highest BCUT2D eigenvalue weighted by Gasteiger charge is 2.57. The number of carbonyl (C=O) groups is 1. The number of anilines is 3. The maximum atomic E-state index is 11.3. The van der Waals surface area contributed by atoms with Gasteiger partial charge in [-0.25, -0.2) is 0 Å². The van der Waals surface area contributed by atoms with Gasteiger partial charge in [0, 0.05) is 30.0 Å². The van der Waals surface area contributed by atoms with Crippen molar-refractivity contribution in [1.29, 1.82) is 0 Å². The van der Waals surface area contributed by atoms with E-state index in [0.717, 1.165) is 110 Å². The number of H-pyrrole nitrogens is 2. The summed E-state index contributed by atoms with van der Waals surface area (Å²) in [6.45, 7) is 1.23. The van der Waals surface area contributed by atoms with Crippen LogP contribution in [0.25, 0.3) is 11.1 Å². The summed E-state index contributed by atoms with van der Waals surface area (Å²) in [6, 6.07) is 17.7. The number of carboxylic acids is 1. The first-order valence-electron chi connectivity index (χ1n) is 30.5. The van der Waals surface area contributed by atoms with Gasteiger partial charge in [0.25, 0.3) is 11.9 Å². The summed E-state index contributed by atoms with van der Waals surface area (Å²) in [4.78, 5) is 11.3. The molecular formula is C62H81ClN16O4. The van der Waals surface area contributed by atoms with E-state index in [4.69, 9.17) is 26.2 Å². The van der Waals surface area contributed by atoms with Crippen LogP contribution in [0.4, 0.5) is 17.9 Å². The molecule has 0 aliphatic heterocycles. The Hall–Kier alpha value is -6.54. The average molecular weight is 1150 g/mol. The van der Waals surface area contributed by atoms with Crippen LogP contribution in [0.3, 0.4) is 0 Å². The van der Waals surface area contributed by atoms with Gasteiger partial charge in [0.15, 0.2) is 0 Å². The zero-order valence-electron chi connectivity index (χ0n) is 46.7. The van der Waals surface area contributed by atoms with E-state index in [-0.39, 0.29) is 41.1 Å². The fourth-order valence-electron chi connectivity index (χ4n) is 19.0. The Kier molecular flexibility index (Phi) is 15.5. The molecule has 0 amide bonds. The van der Waals surface area contributed by atoms with Gasteiger partial charge in [-0.15, -0.1) is 20.4 Å². The zero-order valence-corrected chi connectivity index (χ0v) is 47.5. The topological polar surface area (TPSA) is 286 Å². The van der Waals surface area contributed by atoms with E-state index in [1.54, 1.807) is 0 Å². The number of hydrogen-bond donors (Lipinski definition) is 7. The molecule has 12 bridgehead atoms. The van der Waals surface area contributed by atoms with Gasteiger partial charge in [0.1, 0.15) is 0 Å². The number of aromatic nitrogens is 12. The molecule has 4 aromatic heterocycles. The number of allylic oxidation sites excluding steroid dienone is 2. The molecule has 0 spiro atoms. The van der Waals surface area contributed by atoms with E-state index in [1.165, 1.54) is 130 Å². The summed E-state index contributed by atoms with van der Waals surface area (Å²) in [7, 11) is 0. The number of fused-ring (bicyclic) bond motifs is 2. The highest BCUT2D eigenvalue weighted by molar-refractivity contribution is 6.27. The SMILES string of the molecule is C.C1=C(C[C@@H](CNc2nn[nH]n2)Nc2nnc(C34CC5CC(CC(C5)C3)C4)o2)c2ccccc2C1.Clc1nnc(C23CC4CC(CC(C4)C2)C3)o1.N[C@H](CNc1nn[nH]n1)CC1=CCc2ccccc21.O=C(O)C12CC3CC(CC(C3)C1)C2. The maximum Gasteiger partial charge on any atom is 0.315 e. The Bertz CT molecular complexity index is 3160. The standard InChI is InChI=1S/C25H30N8O.C13H16N6.C12H15ClN2O.C11H16O2.CH4/c1-2-4-21-18(3-1)5-6-19(21)10-20(14-26-23-29-32-33-30-23)27-24-31-28-22(34-24)25-11-15-7-16(12-25)9-17(8-15)13-25;14-11(8-15-13-16-18-19-17-13)7-10-6-5-9-3-1-2-4-12(9)10;13-11-15-14-10(16-11)12-4-7-1-8(5-12)3-9(2-7)6-12;12-10(13)11-4-7-1-8(5-11)3-9(2-7)6-11;/h1-4,6,15-17,20H,5,7-14H2,(H,27,31)(H2,26,29,30,32,33);1-4,6,11H,5,7-8,14H2,(H2,15,16,17,18,19);7-9H,1-6H2;7-9H,1-6H2,(H,12,13);1H4/t15?,16?,17?,20-,25?;11-;;;/m00.../s1. The first-order chi connectivity index (χ1) is 40.0. The lowest BCUT2D eigenvalue weighted by Crippen LogP contribution is -2.49. The highest BCUT2D eigenvalue weighted by Crippen LogP contribution is 2.63. The van der Waals surface area contributed by atoms with Crippen LogP contribution in [0.15, 0.2) is 69.5 Å². The number of carboxylic acid groups (broad SMARTS) is 1. The second-order valence-electron chi connectivity index (χ2n) is 27.1. The Labute approximate surface area is 490 Å². The first kappa shape index (κ1) is 55.6. The second-order valence-corrected chi connectivity index (χ2v) is 27.4. The number of nitrogens with two attached hydrogens (primary N) is 1. The van der Waals surface area contributed by atoms with Crippen molar-refractivity contribution in [2.45, 2.75) is 172 Å². The predicted molar refractivity (Wildman–Crippen MR) is 314 cm³/mol.